The van der Waals surface area contributed by atoms with Crippen molar-refractivity contribution in [3.05, 3.63) is 30.3 Å². The van der Waals surface area contributed by atoms with Crippen molar-refractivity contribution in [2.45, 2.75) is 13.8 Å². The highest BCUT2D eigenvalue weighted by Crippen LogP contribution is 2.11. The lowest BCUT2D eigenvalue weighted by atomic mass is 10.3. The first-order valence-electron chi connectivity index (χ1n) is 7.31. The van der Waals surface area contributed by atoms with Gasteiger partial charge in [0.25, 0.3) is 0 Å². The number of carbonyl (C=O) groups excluding carboxylic acids is 1. The minimum atomic E-state index is -3.66. The summed E-state index contributed by atoms with van der Waals surface area (Å²) in [7, 11) is -1.94. The molecule has 1 aromatic carbocycles. The maximum atomic E-state index is 11.9. The molecule has 7 heteroatoms. The molecule has 0 saturated carbocycles. The average Bonchev–Trinajstić information content (AvgIpc) is 2.47. The smallest absolute Gasteiger partial charge is 0.310 e. The van der Waals surface area contributed by atoms with E-state index in [4.69, 9.17) is 4.18 Å². The van der Waals surface area contributed by atoms with Crippen molar-refractivity contribution in [2.24, 2.45) is 0 Å². The molecule has 0 radical (unpaired) electrons. The van der Waals surface area contributed by atoms with Gasteiger partial charge in [0, 0.05) is 19.6 Å². The van der Waals surface area contributed by atoms with Gasteiger partial charge in [-0.1, -0.05) is 18.2 Å². The third-order valence-electron chi connectivity index (χ3n) is 3.21. The Kier molecular flexibility index (Phi) is 7.34. The van der Waals surface area contributed by atoms with Gasteiger partial charge in [0.15, 0.2) is 0 Å². The molecule has 0 fully saturated rings. The molecular weight excluding hydrogens is 304 g/mol. The number of likely N-dealkylation sites (N-methyl/N-ethyl adjacent to an activating group) is 2. The largest absolute Gasteiger partial charge is 0.382 e. The van der Waals surface area contributed by atoms with Crippen LogP contribution in [0.5, 0.6) is 5.75 Å². The molecule has 0 aliphatic rings. The second kappa shape index (κ2) is 8.75. The van der Waals surface area contributed by atoms with Crippen molar-refractivity contribution in [3.8, 4) is 5.75 Å². The van der Waals surface area contributed by atoms with Gasteiger partial charge in [0.1, 0.15) is 5.75 Å². The Morgan fingerprint density at radius 3 is 2.27 bits per heavy atom. The lowest BCUT2D eigenvalue weighted by Crippen LogP contribution is -2.40. The summed E-state index contributed by atoms with van der Waals surface area (Å²) in [4.78, 5) is 15.3. The summed E-state index contributed by atoms with van der Waals surface area (Å²) in [6.07, 6.45) is 0. The molecule has 0 spiro atoms. The summed E-state index contributed by atoms with van der Waals surface area (Å²) in [6.45, 7) is 5.57. The molecule has 6 nitrogen and oxygen atoms in total. The number of amides is 1. The van der Waals surface area contributed by atoms with Gasteiger partial charge < -0.3 is 9.08 Å². The number of para-hydroxylation sites is 1. The van der Waals surface area contributed by atoms with Crippen molar-refractivity contribution in [3.63, 3.8) is 0 Å². The number of benzene rings is 1. The van der Waals surface area contributed by atoms with Gasteiger partial charge in [-0.25, -0.2) is 0 Å². The lowest BCUT2D eigenvalue weighted by molar-refractivity contribution is -0.131. The van der Waals surface area contributed by atoms with Gasteiger partial charge in [-0.2, -0.15) is 8.42 Å². The summed E-state index contributed by atoms with van der Waals surface area (Å²) in [6, 6.07) is 8.38. The predicted octanol–water partition coefficient (Wildman–Crippen LogP) is 1.20. The molecular formula is C15H24N2O4S. The first-order valence-corrected chi connectivity index (χ1v) is 8.89. The van der Waals surface area contributed by atoms with Crippen LogP contribution >= 0.6 is 0 Å². The van der Waals surface area contributed by atoms with Crippen molar-refractivity contribution in [1.82, 2.24) is 9.80 Å². The summed E-state index contributed by atoms with van der Waals surface area (Å²) in [5, 5.41) is 0. The zero-order chi connectivity index (χ0) is 16.6. The van der Waals surface area contributed by atoms with Gasteiger partial charge in [-0.05, 0) is 33.0 Å². The van der Waals surface area contributed by atoms with Crippen molar-refractivity contribution < 1.29 is 17.4 Å². The van der Waals surface area contributed by atoms with Gasteiger partial charge in [0.2, 0.25) is 5.91 Å². The minimum Gasteiger partial charge on any atom is -0.382 e. The molecule has 124 valence electrons. The van der Waals surface area contributed by atoms with E-state index >= 15 is 0 Å². The summed E-state index contributed by atoms with van der Waals surface area (Å²) in [5.41, 5.74) is 0. The Bertz CT molecular complexity index is 556. The van der Waals surface area contributed by atoms with E-state index in [-0.39, 0.29) is 24.7 Å². The minimum absolute atomic E-state index is 0.00567. The summed E-state index contributed by atoms with van der Waals surface area (Å²) < 4.78 is 28.8. The SMILES string of the molecule is CCN(CC)C(=O)CN(C)CCS(=O)(=O)Oc1ccccc1. The fourth-order valence-corrected chi connectivity index (χ4v) is 2.94. The van der Waals surface area contributed by atoms with Crippen LogP contribution in [-0.2, 0) is 14.9 Å². The van der Waals surface area contributed by atoms with Crippen LogP contribution in [-0.4, -0.2) is 63.1 Å². The second-order valence-electron chi connectivity index (χ2n) is 4.96. The van der Waals surface area contributed by atoms with E-state index in [1.165, 1.54) is 0 Å². The molecule has 0 saturated heterocycles. The summed E-state index contributed by atoms with van der Waals surface area (Å²) in [5.74, 6) is 0.127. The van der Waals surface area contributed by atoms with Crippen molar-refractivity contribution in [1.29, 1.82) is 0 Å². The number of rotatable bonds is 9. The molecule has 0 N–H and O–H groups in total. The highest BCUT2D eigenvalue weighted by Gasteiger charge is 2.17. The van der Waals surface area contributed by atoms with E-state index in [9.17, 15) is 13.2 Å². The van der Waals surface area contributed by atoms with Crippen LogP contribution < -0.4 is 4.18 Å². The quantitative estimate of drug-likeness (QED) is 0.637. The van der Waals surface area contributed by atoms with E-state index in [0.29, 0.717) is 18.8 Å². The molecule has 22 heavy (non-hydrogen) atoms. The Hall–Kier alpha value is -1.60. The first-order chi connectivity index (χ1) is 10.4. The van der Waals surface area contributed by atoms with Crippen LogP contribution in [0.15, 0.2) is 30.3 Å². The lowest BCUT2D eigenvalue weighted by Gasteiger charge is -2.22. The van der Waals surface area contributed by atoms with Gasteiger partial charge in [-0.15, -0.1) is 0 Å². The van der Waals surface area contributed by atoms with E-state index in [1.807, 2.05) is 13.8 Å². The van der Waals surface area contributed by atoms with E-state index in [0.717, 1.165) is 0 Å². The monoisotopic (exact) mass is 328 g/mol. The first kappa shape index (κ1) is 18.4. The van der Waals surface area contributed by atoms with Crippen LogP contribution in [0.3, 0.4) is 0 Å². The van der Waals surface area contributed by atoms with E-state index in [1.54, 1.807) is 47.2 Å². The van der Waals surface area contributed by atoms with Crippen LogP contribution in [0.2, 0.25) is 0 Å². The number of carbonyl (C=O) groups is 1. The zero-order valence-electron chi connectivity index (χ0n) is 13.4. The van der Waals surface area contributed by atoms with Gasteiger partial charge in [-0.3, -0.25) is 9.69 Å². The maximum Gasteiger partial charge on any atom is 0.310 e. The Morgan fingerprint density at radius 2 is 1.73 bits per heavy atom. The van der Waals surface area contributed by atoms with Crippen LogP contribution in [0.25, 0.3) is 0 Å². The average molecular weight is 328 g/mol. The van der Waals surface area contributed by atoms with E-state index < -0.39 is 10.1 Å². The molecule has 0 unspecified atom stereocenters. The van der Waals surface area contributed by atoms with E-state index in [2.05, 4.69) is 0 Å². The van der Waals surface area contributed by atoms with Crippen LogP contribution in [0, 0.1) is 0 Å². The van der Waals surface area contributed by atoms with Crippen molar-refractivity contribution >= 4 is 16.0 Å². The molecule has 0 atom stereocenters. The Morgan fingerprint density at radius 1 is 1.14 bits per heavy atom. The molecule has 0 bridgehead atoms. The number of hydrogen-bond donors (Lipinski definition) is 0. The molecule has 1 amide bonds. The standard InChI is InChI=1S/C15H24N2O4S/c1-4-17(5-2)15(18)13-16(3)11-12-22(19,20)21-14-9-7-6-8-10-14/h6-10H,4-5,11-13H2,1-3H3. The highest BCUT2D eigenvalue weighted by molar-refractivity contribution is 7.87. The fraction of sp³-hybridized carbons (Fsp3) is 0.533. The predicted molar refractivity (Wildman–Crippen MR) is 86.3 cm³/mol. The summed E-state index contributed by atoms with van der Waals surface area (Å²) >= 11 is 0. The third kappa shape index (κ3) is 6.44. The molecule has 0 aliphatic carbocycles. The molecule has 0 aliphatic heterocycles. The topological polar surface area (TPSA) is 66.9 Å². The molecule has 0 aromatic heterocycles. The Balaban J connectivity index is 2.45. The zero-order valence-corrected chi connectivity index (χ0v) is 14.2. The Labute approximate surface area is 132 Å². The number of nitrogens with zero attached hydrogens (tertiary/aromatic N) is 2. The normalized spacial score (nSPS) is 11.5. The molecule has 0 heterocycles. The highest BCUT2D eigenvalue weighted by atomic mass is 32.2. The third-order valence-corrected chi connectivity index (χ3v) is 4.34. The van der Waals surface area contributed by atoms with Crippen LogP contribution in [0.4, 0.5) is 0 Å². The molecule has 1 aromatic rings. The van der Waals surface area contributed by atoms with Crippen LogP contribution in [0.1, 0.15) is 13.8 Å². The van der Waals surface area contributed by atoms with Gasteiger partial charge in [0.05, 0.1) is 12.3 Å². The fourth-order valence-electron chi connectivity index (χ4n) is 1.92. The maximum absolute atomic E-state index is 11.9. The number of hydrogen-bond acceptors (Lipinski definition) is 5. The van der Waals surface area contributed by atoms with Gasteiger partial charge >= 0.3 is 10.1 Å². The second-order valence-corrected chi connectivity index (χ2v) is 6.65. The molecule has 1 rings (SSSR count). The van der Waals surface area contributed by atoms with Crippen molar-refractivity contribution in [2.75, 3.05) is 39.0 Å².